The predicted octanol–water partition coefficient (Wildman–Crippen LogP) is 2.50. The molecule has 1 aromatic rings. The maximum Gasteiger partial charge on any atom is 0.240 e. The van der Waals surface area contributed by atoms with Crippen molar-refractivity contribution in [1.29, 1.82) is 0 Å². The van der Waals surface area contributed by atoms with Crippen LogP contribution in [0.4, 0.5) is 0 Å². The molecule has 0 bridgehead atoms. The highest BCUT2D eigenvalue weighted by Gasteiger charge is 2.28. The van der Waals surface area contributed by atoms with Crippen LogP contribution in [0.2, 0.25) is 0 Å². The van der Waals surface area contributed by atoms with E-state index in [9.17, 15) is 13.5 Å². The molecule has 0 heterocycles. The molecule has 0 spiro atoms. The van der Waals surface area contributed by atoms with Crippen LogP contribution < -0.4 is 4.72 Å². The first-order chi connectivity index (χ1) is 8.88. The molecule has 2 N–H and O–H groups in total. The minimum atomic E-state index is -3.48. The molecular formula is C14H21NO3S. The van der Waals surface area contributed by atoms with Crippen molar-refractivity contribution in [3.63, 3.8) is 0 Å². The number of sulfonamides is 1. The van der Waals surface area contributed by atoms with Crippen molar-refractivity contribution < 1.29 is 13.5 Å². The van der Waals surface area contributed by atoms with Gasteiger partial charge in [-0.15, -0.1) is 0 Å². The Hall–Kier alpha value is -1.07. The van der Waals surface area contributed by atoms with E-state index < -0.39 is 10.0 Å². The Balaban J connectivity index is 2.07. The Morgan fingerprint density at radius 3 is 2.32 bits per heavy atom. The number of phenolic OH excluding ortho intramolecular Hbond substituents is 1. The lowest BCUT2D eigenvalue weighted by Crippen LogP contribution is -2.39. The van der Waals surface area contributed by atoms with Gasteiger partial charge in [-0.2, -0.15) is 0 Å². The first-order valence-electron chi connectivity index (χ1n) is 6.70. The van der Waals surface area contributed by atoms with Gasteiger partial charge in [0, 0.05) is 6.04 Å². The summed E-state index contributed by atoms with van der Waals surface area (Å²) >= 11 is 0. The summed E-state index contributed by atoms with van der Waals surface area (Å²) in [7, 11) is -3.48. The lowest BCUT2D eigenvalue weighted by atomic mass is 9.79. The van der Waals surface area contributed by atoms with Gasteiger partial charge < -0.3 is 5.11 Å². The monoisotopic (exact) mass is 283 g/mol. The number of phenols is 1. The highest BCUT2D eigenvalue weighted by Crippen LogP contribution is 2.30. The Morgan fingerprint density at radius 2 is 1.74 bits per heavy atom. The molecule has 1 aromatic carbocycles. The van der Waals surface area contributed by atoms with Crippen LogP contribution in [-0.2, 0) is 10.0 Å². The van der Waals surface area contributed by atoms with E-state index in [0.717, 1.165) is 19.3 Å². The molecule has 0 radical (unpaired) electrons. The van der Waals surface area contributed by atoms with E-state index >= 15 is 0 Å². The van der Waals surface area contributed by atoms with E-state index in [-0.39, 0.29) is 16.7 Å². The molecule has 0 saturated heterocycles. The van der Waals surface area contributed by atoms with Crippen molar-refractivity contribution in [3.05, 3.63) is 24.3 Å². The third-order valence-corrected chi connectivity index (χ3v) is 5.60. The molecule has 1 fully saturated rings. The summed E-state index contributed by atoms with van der Waals surface area (Å²) < 4.78 is 27.2. The molecule has 0 amide bonds. The smallest absolute Gasteiger partial charge is 0.240 e. The fraction of sp³-hybridized carbons (Fsp3) is 0.571. The van der Waals surface area contributed by atoms with Crippen molar-refractivity contribution in [2.75, 3.05) is 0 Å². The summed E-state index contributed by atoms with van der Waals surface area (Å²) in [4.78, 5) is 0.205. The molecule has 5 heteroatoms. The molecule has 0 aliphatic heterocycles. The SMILES string of the molecule is CC1CCC(NS(=O)(=O)c2ccc(O)cc2)CC1C. The minimum Gasteiger partial charge on any atom is -0.508 e. The van der Waals surface area contributed by atoms with Gasteiger partial charge in [-0.05, 0) is 55.4 Å². The molecule has 2 rings (SSSR count). The summed E-state index contributed by atoms with van der Waals surface area (Å²) in [5.41, 5.74) is 0. The Kier molecular flexibility index (Phi) is 4.16. The molecular weight excluding hydrogens is 262 g/mol. The molecule has 3 atom stereocenters. The van der Waals surface area contributed by atoms with Crippen molar-refractivity contribution in [1.82, 2.24) is 4.72 Å². The largest absolute Gasteiger partial charge is 0.508 e. The van der Waals surface area contributed by atoms with E-state index in [0.29, 0.717) is 11.8 Å². The number of aromatic hydroxyl groups is 1. The zero-order valence-corrected chi connectivity index (χ0v) is 12.2. The number of hydrogen-bond donors (Lipinski definition) is 2. The van der Waals surface area contributed by atoms with Crippen LogP contribution in [0.1, 0.15) is 33.1 Å². The predicted molar refractivity (Wildman–Crippen MR) is 74.4 cm³/mol. The standard InChI is InChI=1S/C14H21NO3S/c1-10-3-4-12(9-11(10)2)15-19(17,18)14-7-5-13(16)6-8-14/h5-8,10-12,15-16H,3-4,9H2,1-2H3. The van der Waals surface area contributed by atoms with E-state index in [2.05, 4.69) is 18.6 Å². The first kappa shape index (κ1) is 14.3. The fourth-order valence-corrected chi connectivity index (χ4v) is 3.85. The highest BCUT2D eigenvalue weighted by molar-refractivity contribution is 7.89. The lowest BCUT2D eigenvalue weighted by Gasteiger charge is -2.32. The van der Waals surface area contributed by atoms with Crippen LogP contribution in [0.25, 0.3) is 0 Å². The summed E-state index contributed by atoms with van der Waals surface area (Å²) in [5.74, 6) is 1.27. The second-order valence-electron chi connectivity index (χ2n) is 5.58. The number of rotatable bonds is 3. The maximum absolute atomic E-state index is 12.2. The van der Waals surface area contributed by atoms with Crippen molar-refractivity contribution in [3.8, 4) is 5.75 Å². The molecule has 19 heavy (non-hydrogen) atoms. The number of nitrogens with one attached hydrogen (secondary N) is 1. The second-order valence-corrected chi connectivity index (χ2v) is 7.29. The molecule has 1 aliphatic rings. The topological polar surface area (TPSA) is 66.4 Å². The third-order valence-electron chi connectivity index (χ3n) is 4.07. The Labute approximate surface area is 114 Å². The van der Waals surface area contributed by atoms with Crippen LogP contribution in [-0.4, -0.2) is 19.6 Å². The highest BCUT2D eigenvalue weighted by atomic mass is 32.2. The van der Waals surface area contributed by atoms with Gasteiger partial charge in [-0.25, -0.2) is 13.1 Å². The fourth-order valence-electron chi connectivity index (χ4n) is 2.57. The van der Waals surface area contributed by atoms with Crippen LogP contribution in [0.15, 0.2) is 29.2 Å². The van der Waals surface area contributed by atoms with E-state index in [4.69, 9.17) is 0 Å². The van der Waals surface area contributed by atoms with E-state index in [1.54, 1.807) is 0 Å². The molecule has 106 valence electrons. The van der Waals surface area contributed by atoms with Gasteiger partial charge in [0.2, 0.25) is 10.0 Å². The summed E-state index contributed by atoms with van der Waals surface area (Å²) in [6, 6.07) is 5.64. The van der Waals surface area contributed by atoms with Crippen LogP contribution in [0, 0.1) is 11.8 Å². The normalized spacial score (nSPS) is 28.2. The minimum absolute atomic E-state index is 0.0185. The second kappa shape index (κ2) is 5.51. The van der Waals surface area contributed by atoms with Gasteiger partial charge in [0.25, 0.3) is 0 Å². The number of benzene rings is 1. The van der Waals surface area contributed by atoms with Crippen LogP contribution >= 0.6 is 0 Å². The average molecular weight is 283 g/mol. The lowest BCUT2D eigenvalue weighted by molar-refractivity contribution is 0.242. The van der Waals surface area contributed by atoms with E-state index in [1.807, 2.05) is 0 Å². The zero-order chi connectivity index (χ0) is 14.0. The molecule has 1 aliphatic carbocycles. The summed E-state index contributed by atoms with van der Waals surface area (Å²) in [6.07, 6.45) is 2.84. The number of hydrogen-bond acceptors (Lipinski definition) is 3. The van der Waals surface area contributed by atoms with Gasteiger partial charge in [0.15, 0.2) is 0 Å². The van der Waals surface area contributed by atoms with Gasteiger partial charge in [0.05, 0.1) is 4.90 Å². The van der Waals surface area contributed by atoms with Gasteiger partial charge in [-0.3, -0.25) is 0 Å². The van der Waals surface area contributed by atoms with Crippen LogP contribution in [0.5, 0.6) is 5.75 Å². The van der Waals surface area contributed by atoms with Crippen molar-refractivity contribution in [2.45, 2.75) is 44.0 Å². The molecule has 1 saturated carbocycles. The zero-order valence-electron chi connectivity index (χ0n) is 11.3. The summed E-state index contributed by atoms with van der Waals surface area (Å²) in [6.45, 7) is 4.39. The molecule has 0 aromatic heterocycles. The van der Waals surface area contributed by atoms with E-state index in [1.165, 1.54) is 24.3 Å². The van der Waals surface area contributed by atoms with Crippen molar-refractivity contribution >= 4 is 10.0 Å². The Morgan fingerprint density at radius 1 is 1.11 bits per heavy atom. The quantitative estimate of drug-likeness (QED) is 0.895. The van der Waals surface area contributed by atoms with Gasteiger partial charge in [0.1, 0.15) is 5.75 Å². The summed E-state index contributed by atoms with van der Waals surface area (Å²) in [5, 5.41) is 9.19. The molecule has 3 unspecified atom stereocenters. The molecule has 4 nitrogen and oxygen atoms in total. The van der Waals surface area contributed by atoms with Gasteiger partial charge in [-0.1, -0.05) is 13.8 Å². The average Bonchev–Trinajstić information content (AvgIpc) is 2.34. The van der Waals surface area contributed by atoms with Gasteiger partial charge >= 0.3 is 0 Å². The third kappa shape index (κ3) is 3.48. The van der Waals surface area contributed by atoms with Crippen LogP contribution in [0.3, 0.4) is 0 Å². The van der Waals surface area contributed by atoms with Crippen molar-refractivity contribution in [2.24, 2.45) is 11.8 Å². The Bertz CT molecular complexity index is 524. The maximum atomic E-state index is 12.2. The first-order valence-corrected chi connectivity index (χ1v) is 8.18.